The zero-order chi connectivity index (χ0) is 21.2. The van der Waals surface area contributed by atoms with Gasteiger partial charge in [0, 0.05) is 25.7 Å². The highest BCUT2D eigenvalue weighted by Crippen LogP contribution is 2.29. The van der Waals surface area contributed by atoms with Crippen molar-refractivity contribution in [3.63, 3.8) is 0 Å². The van der Waals surface area contributed by atoms with E-state index in [9.17, 15) is 0 Å². The van der Waals surface area contributed by atoms with Gasteiger partial charge in [-0.2, -0.15) is 0 Å². The van der Waals surface area contributed by atoms with Crippen molar-refractivity contribution in [1.29, 1.82) is 0 Å². The predicted molar refractivity (Wildman–Crippen MR) is 136 cm³/mol. The van der Waals surface area contributed by atoms with Gasteiger partial charge in [-0.05, 0) is 37.1 Å². The molecule has 3 rings (SSSR count). The van der Waals surface area contributed by atoms with Crippen LogP contribution in [0.2, 0.25) is 0 Å². The molecule has 1 aliphatic rings. The highest BCUT2D eigenvalue weighted by atomic mass is 127. The van der Waals surface area contributed by atoms with E-state index >= 15 is 0 Å². The van der Waals surface area contributed by atoms with Crippen LogP contribution in [0.3, 0.4) is 0 Å². The lowest BCUT2D eigenvalue weighted by molar-refractivity contribution is 0.0342. The number of morpholine rings is 1. The number of hydrogen-bond donors (Lipinski definition) is 2. The lowest BCUT2D eigenvalue weighted by Gasteiger charge is -2.26. The molecule has 1 saturated heterocycles. The van der Waals surface area contributed by atoms with E-state index in [1.165, 1.54) is 5.56 Å². The van der Waals surface area contributed by atoms with E-state index in [2.05, 4.69) is 39.5 Å². The van der Waals surface area contributed by atoms with Crippen molar-refractivity contribution in [1.82, 2.24) is 4.90 Å². The third-order valence-corrected chi connectivity index (χ3v) is 4.76. The number of guanidine groups is 1. The summed E-state index contributed by atoms with van der Waals surface area (Å²) in [5.41, 5.74) is 9.29. The molecule has 1 heterocycles. The molecular formula is C23H33IN4O3. The van der Waals surface area contributed by atoms with Crippen molar-refractivity contribution in [2.24, 2.45) is 10.7 Å². The normalized spacial score (nSPS) is 14.6. The van der Waals surface area contributed by atoms with Crippen LogP contribution in [0.4, 0.5) is 5.69 Å². The van der Waals surface area contributed by atoms with E-state index in [0.29, 0.717) is 31.5 Å². The molecule has 3 N–H and O–H groups in total. The maximum absolute atomic E-state index is 6.15. The summed E-state index contributed by atoms with van der Waals surface area (Å²) in [5.74, 6) is 1.81. The molecule has 8 heteroatoms. The van der Waals surface area contributed by atoms with Gasteiger partial charge in [-0.25, -0.2) is 4.99 Å². The Hall–Kier alpha value is -2.04. The van der Waals surface area contributed by atoms with Gasteiger partial charge in [0.25, 0.3) is 0 Å². The lowest BCUT2D eigenvalue weighted by atomic mass is 10.1. The minimum atomic E-state index is 0. The first kappa shape index (κ1) is 25.2. The Bertz CT molecular complexity index is 841. The topological polar surface area (TPSA) is 81.3 Å². The smallest absolute Gasteiger partial charge is 0.193 e. The first-order valence-electron chi connectivity index (χ1n) is 10.5. The molecule has 7 nitrogen and oxygen atoms in total. The molecule has 0 spiro atoms. The van der Waals surface area contributed by atoms with Crippen LogP contribution in [-0.4, -0.2) is 50.4 Å². The van der Waals surface area contributed by atoms with Crippen LogP contribution in [0.25, 0.3) is 0 Å². The summed E-state index contributed by atoms with van der Waals surface area (Å²) < 4.78 is 16.7. The molecule has 0 aliphatic carbocycles. The standard InChI is InChI=1S/C23H32N4O3.HI/c1-3-29-20-8-9-22(30-4-2)21(15-20)26-23(24)25-16-18-6-5-7-19(14-18)17-27-10-12-28-13-11-27;/h5-9,14-15H,3-4,10-13,16-17H2,1-2H3,(H3,24,25,26);1H. The molecule has 2 aromatic rings. The molecule has 31 heavy (non-hydrogen) atoms. The Balaban J connectivity index is 0.00000341. The van der Waals surface area contributed by atoms with Crippen molar-refractivity contribution in [2.75, 3.05) is 44.8 Å². The largest absolute Gasteiger partial charge is 0.494 e. The van der Waals surface area contributed by atoms with E-state index < -0.39 is 0 Å². The van der Waals surface area contributed by atoms with E-state index in [0.717, 1.165) is 49.8 Å². The average Bonchev–Trinajstić information content (AvgIpc) is 2.75. The van der Waals surface area contributed by atoms with E-state index in [4.69, 9.17) is 19.9 Å². The second-order valence-electron chi connectivity index (χ2n) is 7.06. The Morgan fingerprint density at radius 3 is 2.55 bits per heavy atom. The van der Waals surface area contributed by atoms with Gasteiger partial charge in [-0.3, -0.25) is 4.90 Å². The zero-order valence-electron chi connectivity index (χ0n) is 18.3. The quantitative estimate of drug-likeness (QED) is 0.286. The summed E-state index contributed by atoms with van der Waals surface area (Å²) in [6.07, 6.45) is 0. The summed E-state index contributed by atoms with van der Waals surface area (Å²) in [6.45, 7) is 10.0. The van der Waals surface area contributed by atoms with Crippen LogP contribution in [0.5, 0.6) is 11.5 Å². The Morgan fingerprint density at radius 1 is 1.06 bits per heavy atom. The van der Waals surface area contributed by atoms with Crippen LogP contribution in [0, 0.1) is 0 Å². The molecule has 0 unspecified atom stereocenters. The molecule has 170 valence electrons. The van der Waals surface area contributed by atoms with Crippen LogP contribution < -0.4 is 20.5 Å². The van der Waals surface area contributed by atoms with Gasteiger partial charge in [0.2, 0.25) is 0 Å². The fourth-order valence-electron chi connectivity index (χ4n) is 3.34. The minimum absolute atomic E-state index is 0. The molecule has 0 bridgehead atoms. The fourth-order valence-corrected chi connectivity index (χ4v) is 3.34. The monoisotopic (exact) mass is 540 g/mol. The molecule has 0 saturated carbocycles. The second kappa shape index (κ2) is 13.4. The molecule has 1 aliphatic heterocycles. The van der Waals surface area contributed by atoms with Crippen molar-refractivity contribution in [3.05, 3.63) is 53.6 Å². The molecule has 0 atom stereocenters. The molecular weight excluding hydrogens is 507 g/mol. The van der Waals surface area contributed by atoms with Crippen molar-refractivity contribution < 1.29 is 14.2 Å². The molecule has 1 fully saturated rings. The van der Waals surface area contributed by atoms with Gasteiger partial charge in [0.1, 0.15) is 11.5 Å². The highest BCUT2D eigenvalue weighted by Gasteiger charge is 2.11. The SMILES string of the molecule is CCOc1ccc(OCC)c(NC(N)=NCc2cccc(CN3CCOCC3)c2)c1.I. The minimum Gasteiger partial charge on any atom is -0.494 e. The molecule has 0 radical (unpaired) electrons. The van der Waals surface area contributed by atoms with Crippen LogP contribution in [0.1, 0.15) is 25.0 Å². The van der Waals surface area contributed by atoms with Gasteiger partial charge in [0.15, 0.2) is 5.96 Å². The van der Waals surface area contributed by atoms with Gasteiger partial charge >= 0.3 is 0 Å². The first-order chi connectivity index (χ1) is 14.7. The third-order valence-electron chi connectivity index (χ3n) is 4.76. The number of halogens is 1. The fraction of sp³-hybridized carbons (Fsp3) is 0.435. The maximum Gasteiger partial charge on any atom is 0.193 e. The summed E-state index contributed by atoms with van der Waals surface area (Å²) in [7, 11) is 0. The number of anilines is 1. The number of nitrogens with two attached hydrogens (primary N) is 1. The van der Waals surface area contributed by atoms with Crippen LogP contribution in [0.15, 0.2) is 47.5 Å². The Kier molecular flexibility index (Phi) is 10.9. The van der Waals surface area contributed by atoms with E-state index in [1.54, 1.807) is 0 Å². The van der Waals surface area contributed by atoms with Gasteiger partial charge in [-0.1, -0.05) is 24.3 Å². The Labute approximate surface area is 202 Å². The Morgan fingerprint density at radius 2 is 1.81 bits per heavy atom. The van der Waals surface area contributed by atoms with Crippen molar-refractivity contribution >= 4 is 35.6 Å². The maximum atomic E-state index is 6.15. The van der Waals surface area contributed by atoms with Crippen LogP contribution in [-0.2, 0) is 17.8 Å². The summed E-state index contributed by atoms with van der Waals surface area (Å²) in [6, 6.07) is 14.1. The predicted octanol–water partition coefficient (Wildman–Crippen LogP) is 3.86. The molecule has 2 aromatic carbocycles. The first-order valence-corrected chi connectivity index (χ1v) is 10.5. The van der Waals surface area contributed by atoms with Gasteiger partial charge in [0.05, 0.1) is 38.7 Å². The number of rotatable bonds is 9. The van der Waals surface area contributed by atoms with Crippen molar-refractivity contribution in [3.8, 4) is 11.5 Å². The van der Waals surface area contributed by atoms with E-state index in [-0.39, 0.29) is 24.0 Å². The second-order valence-corrected chi connectivity index (χ2v) is 7.06. The molecule has 0 amide bonds. The van der Waals surface area contributed by atoms with Crippen molar-refractivity contribution in [2.45, 2.75) is 26.9 Å². The summed E-state index contributed by atoms with van der Waals surface area (Å²) >= 11 is 0. The number of ether oxygens (including phenoxy) is 3. The molecule has 0 aromatic heterocycles. The van der Waals surface area contributed by atoms with E-state index in [1.807, 2.05) is 32.0 Å². The number of nitrogens with one attached hydrogen (secondary N) is 1. The third kappa shape index (κ3) is 8.19. The summed E-state index contributed by atoms with van der Waals surface area (Å²) in [5, 5.41) is 3.15. The van der Waals surface area contributed by atoms with Gasteiger partial charge < -0.3 is 25.3 Å². The average molecular weight is 540 g/mol. The summed E-state index contributed by atoms with van der Waals surface area (Å²) in [4.78, 5) is 6.91. The zero-order valence-corrected chi connectivity index (χ0v) is 20.6. The lowest BCUT2D eigenvalue weighted by Crippen LogP contribution is -2.35. The van der Waals surface area contributed by atoms with Crippen LogP contribution >= 0.6 is 24.0 Å². The number of hydrogen-bond acceptors (Lipinski definition) is 5. The highest BCUT2D eigenvalue weighted by molar-refractivity contribution is 14.0. The number of aliphatic imine (C=N–C) groups is 1. The van der Waals surface area contributed by atoms with Gasteiger partial charge in [-0.15, -0.1) is 24.0 Å². The number of nitrogens with zero attached hydrogens (tertiary/aromatic N) is 2. The number of benzene rings is 2.